The van der Waals surface area contributed by atoms with Crippen molar-refractivity contribution in [2.45, 2.75) is 0 Å². The predicted molar refractivity (Wildman–Crippen MR) is 62.1 cm³/mol. The summed E-state index contributed by atoms with van der Waals surface area (Å²) in [4.78, 5) is 32.9. The molecule has 0 fully saturated rings. The number of nitrogens with one attached hydrogen (secondary N) is 2. The minimum absolute atomic E-state index is 0.00207. The van der Waals surface area contributed by atoms with Gasteiger partial charge in [0.1, 0.15) is 22.9 Å². The van der Waals surface area contributed by atoms with Gasteiger partial charge < -0.3 is 10.3 Å². The highest BCUT2D eigenvalue weighted by atomic mass is 35.5. The van der Waals surface area contributed by atoms with Crippen LogP contribution in [0.4, 0.5) is 5.82 Å². The van der Waals surface area contributed by atoms with Gasteiger partial charge in [0.25, 0.3) is 11.5 Å². The first-order valence-corrected chi connectivity index (χ1v) is 5.01. The second kappa shape index (κ2) is 4.75. The summed E-state index contributed by atoms with van der Waals surface area (Å²) >= 11 is 5.64. The third-order valence-electron chi connectivity index (χ3n) is 1.94. The highest BCUT2D eigenvalue weighted by Gasteiger charge is 2.10. The molecule has 7 heteroatoms. The van der Waals surface area contributed by atoms with Gasteiger partial charge in [0.05, 0.1) is 0 Å². The second-order valence-corrected chi connectivity index (χ2v) is 3.48. The van der Waals surface area contributed by atoms with Gasteiger partial charge in [-0.1, -0.05) is 11.6 Å². The van der Waals surface area contributed by atoms with E-state index in [2.05, 4.69) is 20.3 Å². The van der Waals surface area contributed by atoms with Crippen LogP contribution in [-0.2, 0) is 0 Å². The normalized spacial score (nSPS) is 9.94. The van der Waals surface area contributed by atoms with Gasteiger partial charge in [-0.25, -0.2) is 9.97 Å². The van der Waals surface area contributed by atoms with Gasteiger partial charge in [0, 0.05) is 12.3 Å². The Labute approximate surface area is 101 Å². The number of amides is 1. The van der Waals surface area contributed by atoms with Crippen LogP contribution in [0, 0.1) is 0 Å². The molecule has 0 radical (unpaired) electrons. The summed E-state index contributed by atoms with van der Waals surface area (Å²) in [6.07, 6.45) is 2.66. The Morgan fingerprint density at radius 1 is 1.41 bits per heavy atom. The van der Waals surface area contributed by atoms with E-state index >= 15 is 0 Å². The van der Waals surface area contributed by atoms with E-state index in [1.165, 1.54) is 24.7 Å². The molecule has 0 unspecified atom stereocenters. The summed E-state index contributed by atoms with van der Waals surface area (Å²) in [7, 11) is 0. The van der Waals surface area contributed by atoms with Crippen molar-refractivity contribution in [1.82, 2.24) is 15.0 Å². The minimum Gasteiger partial charge on any atom is -0.328 e. The molecule has 2 N–H and O–H groups in total. The van der Waals surface area contributed by atoms with Crippen LogP contribution in [0.2, 0.25) is 5.15 Å². The van der Waals surface area contributed by atoms with Crippen molar-refractivity contribution >= 4 is 23.3 Å². The minimum atomic E-state index is -0.554. The van der Waals surface area contributed by atoms with Crippen molar-refractivity contribution in [3.63, 3.8) is 0 Å². The maximum Gasteiger partial charge on any atom is 0.262 e. The fraction of sp³-hybridized carbons (Fsp3) is 0. The average molecular weight is 251 g/mol. The number of hydrogen-bond donors (Lipinski definition) is 2. The molecular weight excluding hydrogens is 244 g/mol. The number of carbonyl (C=O) groups excluding carboxylic acids is 1. The summed E-state index contributed by atoms with van der Waals surface area (Å²) in [6, 6.07) is 4.36. The smallest absolute Gasteiger partial charge is 0.262 e. The molecule has 0 aliphatic rings. The van der Waals surface area contributed by atoms with E-state index in [0.29, 0.717) is 0 Å². The fourth-order valence-electron chi connectivity index (χ4n) is 1.19. The predicted octanol–water partition coefficient (Wildman–Crippen LogP) is 1.07. The number of rotatable bonds is 2. The summed E-state index contributed by atoms with van der Waals surface area (Å²) in [5.74, 6) is -0.320. The van der Waals surface area contributed by atoms with Gasteiger partial charge in [0.2, 0.25) is 0 Å². The maximum atomic E-state index is 11.7. The van der Waals surface area contributed by atoms with Crippen molar-refractivity contribution in [3.8, 4) is 0 Å². The Hall–Kier alpha value is -2.21. The van der Waals surface area contributed by atoms with E-state index < -0.39 is 11.5 Å². The Kier molecular flexibility index (Phi) is 3.15. The number of pyridine rings is 1. The molecule has 0 aliphatic carbocycles. The van der Waals surface area contributed by atoms with Crippen molar-refractivity contribution < 1.29 is 4.79 Å². The number of H-pyrrole nitrogens is 1. The fourth-order valence-corrected chi connectivity index (χ4v) is 1.33. The zero-order valence-corrected chi connectivity index (χ0v) is 9.23. The first kappa shape index (κ1) is 11.3. The third kappa shape index (κ3) is 2.67. The number of halogens is 1. The van der Waals surface area contributed by atoms with Gasteiger partial charge in [-0.2, -0.15) is 0 Å². The van der Waals surface area contributed by atoms with Crippen molar-refractivity contribution in [2.75, 3.05) is 5.32 Å². The molecule has 2 heterocycles. The van der Waals surface area contributed by atoms with Crippen molar-refractivity contribution in [1.29, 1.82) is 0 Å². The molecule has 0 saturated heterocycles. The van der Waals surface area contributed by atoms with Crippen LogP contribution in [0.5, 0.6) is 0 Å². The summed E-state index contributed by atoms with van der Waals surface area (Å²) in [5, 5.41) is 2.65. The van der Waals surface area contributed by atoms with Crippen LogP contribution in [-0.4, -0.2) is 20.9 Å². The summed E-state index contributed by atoms with van der Waals surface area (Å²) < 4.78 is 0. The third-order valence-corrected chi connectivity index (χ3v) is 2.14. The molecular formula is C10H7ClN4O2. The van der Waals surface area contributed by atoms with E-state index in [-0.39, 0.29) is 16.5 Å². The van der Waals surface area contributed by atoms with Gasteiger partial charge in [-0.05, 0) is 12.1 Å². The quantitative estimate of drug-likeness (QED) is 0.781. The van der Waals surface area contributed by atoms with Crippen LogP contribution < -0.4 is 10.9 Å². The molecule has 2 aromatic heterocycles. The molecule has 0 aliphatic heterocycles. The van der Waals surface area contributed by atoms with Crippen LogP contribution in [0.3, 0.4) is 0 Å². The number of hydrogen-bond acceptors (Lipinski definition) is 4. The molecule has 2 aromatic rings. The molecule has 0 atom stereocenters. The monoisotopic (exact) mass is 250 g/mol. The lowest BCUT2D eigenvalue weighted by Crippen LogP contribution is -2.22. The number of nitrogens with zero attached hydrogens (tertiary/aromatic N) is 2. The molecule has 0 bridgehead atoms. The van der Waals surface area contributed by atoms with Crippen LogP contribution in [0.1, 0.15) is 10.4 Å². The zero-order valence-electron chi connectivity index (χ0n) is 8.48. The topological polar surface area (TPSA) is 87.7 Å². The maximum absolute atomic E-state index is 11.7. The number of aromatic amines is 1. The summed E-state index contributed by atoms with van der Waals surface area (Å²) in [5.41, 5.74) is -0.465. The lowest BCUT2D eigenvalue weighted by Gasteiger charge is -2.02. The van der Waals surface area contributed by atoms with Gasteiger partial charge >= 0.3 is 0 Å². The summed E-state index contributed by atoms with van der Waals surface area (Å²) in [6.45, 7) is 0. The SMILES string of the molecule is O=C(Nc1cc(Cl)ncn1)c1ccc[nH]c1=O. The Bertz CT molecular complexity index is 611. The standard InChI is InChI=1S/C10H7ClN4O2/c11-7-4-8(14-5-13-7)15-10(17)6-2-1-3-12-9(6)16/h1-5H,(H,12,16)(H,13,14,15,17). The van der Waals surface area contributed by atoms with E-state index in [4.69, 9.17) is 11.6 Å². The molecule has 1 amide bonds. The molecule has 0 saturated carbocycles. The van der Waals surface area contributed by atoms with Gasteiger partial charge in [0.15, 0.2) is 0 Å². The van der Waals surface area contributed by atoms with Crippen LogP contribution in [0.25, 0.3) is 0 Å². The molecule has 0 aromatic carbocycles. The lowest BCUT2D eigenvalue weighted by atomic mass is 10.2. The van der Waals surface area contributed by atoms with E-state index in [9.17, 15) is 9.59 Å². The number of anilines is 1. The van der Waals surface area contributed by atoms with Crippen LogP contribution in [0.15, 0.2) is 35.5 Å². The van der Waals surface area contributed by atoms with Crippen LogP contribution >= 0.6 is 11.6 Å². The molecule has 6 nitrogen and oxygen atoms in total. The zero-order chi connectivity index (χ0) is 12.3. The highest BCUT2D eigenvalue weighted by molar-refractivity contribution is 6.29. The highest BCUT2D eigenvalue weighted by Crippen LogP contribution is 2.09. The van der Waals surface area contributed by atoms with Gasteiger partial charge in [-0.15, -0.1) is 0 Å². The van der Waals surface area contributed by atoms with E-state index in [1.807, 2.05) is 0 Å². The molecule has 0 spiro atoms. The first-order chi connectivity index (χ1) is 8.16. The lowest BCUT2D eigenvalue weighted by molar-refractivity contribution is 0.102. The average Bonchev–Trinajstić information content (AvgIpc) is 2.29. The molecule has 17 heavy (non-hydrogen) atoms. The van der Waals surface area contributed by atoms with Gasteiger partial charge in [-0.3, -0.25) is 9.59 Å². The first-order valence-electron chi connectivity index (χ1n) is 4.63. The number of carbonyl (C=O) groups is 1. The van der Waals surface area contributed by atoms with E-state index in [0.717, 1.165) is 0 Å². The number of aromatic nitrogens is 3. The van der Waals surface area contributed by atoms with Crippen molar-refractivity contribution in [3.05, 3.63) is 51.8 Å². The largest absolute Gasteiger partial charge is 0.328 e. The Morgan fingerprint density at radius 2 is 2.24 bits per heavy atom. The molecule has 2 rings (SSSR count). The second-order valence-electron chi connectivity index (χ2n) is 3.09. The Balaban J connectivity index is 2.23. The molecule has 86 valence electrons. The van der Waals surface area contributed by atoms with Crippen molar-refractivity contribution in [2.24, 2.45) is 0 Å². The Morgan fingerprint density at radius 3 is 2.94 bits per heavy atom. The van der Waals surface area contributed by atoms with E-state index in [1.54, 1.807) is 6.07 Å².